The number of allylic oxidation sites excluding steroid dienone is 11. The monoisotopic (exact) mass is 512 g/mol. The molecule has 0 saturated heterocycles. The zero-order valence-electron chi connectivity index (χ0n) is 24.4. The summed E-state index contributed by atoms with van der Waals surface area (Å²) in [6.07, 6.45) is 14.9. The van der Waals surface area contributed by atoms with Gasteiger partial charge in [0.2, 0.25) is 0 Å². The van der Waals surface area contributed by atoms with E-state index >= 15 is 0 Å². The molecule has 0 spiro atoms. The Kier molecular flexibility index (Phi) is 7.94. The minimum absolute atomic E-state index is 0.362. The second-order valence-corrected chi connectivity index (χ2v) is 11.9. The summed E-state index contributed by atoms with van der Waals surface area (Å²) in [6, 6.07) is 17.9. The standard InChI is InChI=1S/C39H44/c1-8-13-26(5)37-27(6)20-35-24-34(28(7)38(35)39(37)36-17-11-10-14-30(36)9-2)22-29-18-19-33(21-29)32-16-12-15-31(23-32)25(3)4/h10-12,14-20,22-23,27,37-39H,3,5,7-9,13,21,24H2,1-2,4,6H3. The van der Waals surface area contributed by atoms with Crippen molar-refractivity contribution in [3.63, 3.8) is 0 Å². The summed E-state index contributed by atoms with van der Waals surface area (Å²) in [5.74, 6) is 1.70. The van der Waals surface area contributed by atoms with Crippen LogP contribution in [0.15, 0.2) is 120 Å². The van der Waals surface area contributed by atoms with Crippen molar-refractivity contribution < 1.29 is 0 Å². The first-order chi connectivity index (χ1) is 18.8. The van der Waals surface area contributed by atoms with Crippen LogP contribution in [-0.4, -0.2) is 0 Å². The Morgan fingerprint density at radius 2 is 1.79 bits per heavy atom. The first-order valence-corrected chi connectivity index (χ1v) is 14.8. The third-order valence-electron chi connectivity index (χ3n) is 9.19. The van der Waals surface area contributed by atoms with Crippen LogP contribution in [0.4, 0.5) is 0 Å². The topological polar surface area (TPSA) is 0 Å². The Hall–Kier alpha value is -3.38. The fraction of sp³-hybridized carbons (Fsp3) is 0.333. The highest BCUT2D eigenvalue weighted by atomic mass is 14.5. The van der Waals surface area contributed by atoms with E-state index in [9.17, 15) is 0 Å². The van der Waals surface area contributed by atoms with Crippen molar-refractivity contribution in [2.45, 2.75) is 65.7 Å². The average Bonchev–Trinajstić information content (AvgIpc) is 3.52. The second-order valence-electron chi connectivity index (χ2n) is 11.9. The molecule has 200 valence electrons. The van der Waals surface area contributed by atoms with E-state index in [1.54, 1.807) is 5.57 Å². The molecule has 39 heavy (non-hydrogen) atoms. The van der Waals surface area contributed by atoms with Crippen LogP contribution in [0, 0.1) is 17.8 Å². The third kappa shape index (κ3) is 5.27. The van der Waals surface area contributed by atoms with Crippen LogP contribution in [0.5, 0.6) is 0 Å². The Labute approximate surface area is 236 Å². The van der Waals surface area contributed by atoms with Gasteiger partial charge in [-0.3, -0.25) is 0 Å². The summed E-state index contributed by atoms with van der Waals surface area (Å²) in [7, 11) is 0. The van der Waals surface area contributed by atoms with Gasteiger partial charge in [-0.05, 0) is 95.1 Å². The van der Waals surface area contributed by atoms with Gasteiger partial charge in [-0.15, -0.1) is 0 Å². The van der Waals surface area contributed by atoms with Crippen molar-refractivity contribution in [3.05, 3.63) is 143 Å². The molecule has 1 fully saturated rings. The van der Waals surface area contributed by atoms with E-state index in [1.807, 2.05) is 0 Å². The first-order valence-electron chi connectivity index (χ1n) is 14.8. The Balaban J connectivity index is 1.45. The van der Waals surface area contributed by atoms with Gasteiger partial charge in [-0.2, -0.15) is 0 Å². The summed E-state index contributed by atoms with van der Waals surface area (Å²) in [6.45, 7) is 22.6. The van der Waals surface area contributed by atoms with E-state index in [0.717, 1.165) is 37.7 Å². The van der Waals surface area contributed by atoms with Gasteiger partial charge in [0.25, 0.3) is 0 Å². The Morgan fingerprint density at radius 1 is 1.00 bits per heavy atom. The van der Waals surface area contributed by atoms with Crippen molar-refractivity contribution >= 4 is 11.1 Å². The molecule has 0 bridgehead atoms. The largest absolute Gasteiger partial charge is 0.0995 e. The van der Waals surface area contributed by atoms with Crippen molar-refractivity contribution in [2.75, 3.05) is 0 Å². The Morgan fingerprint density at radius 3 is 2.54 bits per heavy atom. The van der Waals surface area contributed by atoms with Gasteiger partial charge < -0.3 is 0 Å². The van der Waals surface area contributed by atoms with E-state index < -0.39 is 0 Å². The lowest BCUT2D eigenvalue weighted by Crippen LogP contribution is -2.32. The molecular formula is C39H44. The highest BCUT2D eigenvalue weighted by molar-refractivity contribution is 5.76. The zero-order chi connectivity index (χ0) is 27.7. The van der Waals surface area contributed by atoms with Crippen molar-refractivity contribution in [2.24, 2.45) is 17.8 Å². The van der Waals surface area contributed by atoms with Crippen LogP contribution in [0.1, 0.15) is 81.5 Å². The number of aryl methyl sites for hydroxylation is 1. The lowest BCUT2D eigenvalue weighted by Gasteiger charge is -2.42. The van der Waals surface area contributed by atoms with Gasteiger partial charge in [0.05, 0.1) is 0 Å². The fourth-order valence-electron chi connectivity index (χ4n) is 7.32. The number of rotatable bonds is 8. The molecule has 0 heterocycles. The summed E-state index contributed by atoms with van der Waals surface area (Å²) < 4.78 is 0. The van der Waals surface area contributed by atoms with E-state index in [-0.39, 0.29) is 0 Å². The van der Waals surface area contributed by atoms with Crippen LogP contribution < -0.4 is 0 Å². The molecule has 1 saturated carbocycles. The molecular weight excluding hydrogens is 468 g/mol. The fourth-order valence-corrected chi connectivity index (χ4v) is 7.32. The summed E-state index contributed by atoms with van der Waals surface area (Å²) in [4.78, 5) is 0. The van der Waals surface area contributed by atoms with Crippen LogP contribution >= 0.6 is 0 Å². The summed E-state index contributed by atoms with van der Waals surface area (Å²) in [5.41, 5.74) is 15.1. The molecule has 4 atom stereocenters. The smallest absolute Gasteiger partial charge is 0.0123 e. The van der Waals surface area contributed by atoms with Gasteiger partial charge in [0, 0.05) is 11.8 Å². The van der Waals surface area contributed by atoms with E-state index in [2.05, 4.69) is 114 Å². The van der Waals surface area contributed by atoms with Crippen molar-refractivity contribution in [3.8, 4) is 0 Å². The quantitative estimate of drug-likeness (QED) is 0.309. The predicted molar refractivity (Wildman–Crippen MR) is 171 cm³/mol. The molecule has 0 amide bonds. The maximum atomic E-state index is 4.77. The molecule has 0 aromatic heterocycles. The molecule has 4 unspecified atom stereocenters. The molecule has 0 heteroatoms. The summed E-state index contributed by atoms with van der Waals surface area (Å²) in [5, 5.41) is 0. The molecule has 3 aliphatic carbocycles. The highest BCUT2D eigenvalue weighted by Gasteiger charge is 2.45. The molecule has 0 nitrogen and oxygen atoms in total. The van der Waals surface area contributed by atoms with Crippen LogP contribution in [0.25, 0.3) is 11.1 Å². The highest BCUT2D eigenvalue weighted by Crippen LogP contribution is 2.57. The minimum atomic E-state index is 0.362. The van der Waals surface area contributed by atoms with E-state index in [4.69, 9.17) is 6.58 Å². The number of benzene rings is 2. The van der Waals surface area contributed by atoms with Crippen LogP contribution in [0.3, 0.4) is 0 Å². The predicted octanol–water partition coefficient (Wildman–Crippen LogP) is 10.8. The molecule has 0 radical (unpaired) electrons. The van der Waals surface area contributed by atoms with Crippen LogP contribution in [-0.2, 0) is 6.42 Å². The van der Waals surface area contributed by atoms with Gasteiger partial charge >= 0.3 is 0 Å². The zero-order valence-corrected chi connectivity index (χ0v) is 24.4. The van der Waals surface area contributed by atoms with E-state index in [0.29, 0.717) is 23.7 Å². The lowest BCUT2D eigenvalue weighted by molar-refractivity contribution is 0.321. The summed E-state index contributed by atoms with van der Waals surface area (Å²) >= 11 is 0. The SMILES string of the molecule is C=C(C)c1cccc(C2=CC=C(C=C3CC4=CC(C)C(C(=C)CCC)C(c5ccccc5CC)C4C3=C)C2)c1. The van der Waals surface area contributed by atoms with Crippen LogP contribution in [0.2, 0.25) is 0 Å². The number of fused-ring (bicyclic) bond motifs is 1. The van der Waals surface area contributed by atoms with E-state index in [1.165, 1.54) is 50.1 Å². The molecule has 5 rings (SSSR count). The van der Waals surface area contributed by atoms with Crippen molar-refractivity contribution in [1.82, 2.24) is 0 Å². The third-order valence-corrected chi connectivity index (χ3v) is 9.19. The van der Waals surface area contributed by atoms with Gasteiger partial charge in [-0.25, -0.2) is 0 Å². The number of hydrogen-bond acceptors (Lipinski definition) is 0. The maximum absolute atomic E-state index is 4.77. The number of hydrogen-bond donors (Lipinski definition) is 0. The average molecular weight is 513 g/mol. The normalized spacial score (nSPS) is 25.3. The molecule has 3 aliphatic rings. The maximum Gasteiger partial charge on any atom is 0.0123 e. The van der Waals surface area contributed by atoms with Gasteiger partial charge in [-0.1, -0.05) is 130 Å². The van der Waals surface area contributed by atoms with Crippen molar-refractivity contribution in [1.29, 1.82) is 0 Å². The molecule has 0 N–H and O–H groups in total. The molecule has 2 aromatic rings. The van der Waals surface area contributed by atoms with Gasteiger partial charge in [0.1, 0.15) is 0 Å². The molecule has 0 aliphatic heterocycles. The van der Waals surface area contributed by atoms with Gasteiger partial charge in [0.15, 0.2) is 0 Å². The first kappa shape index (κ1) is 27.2. The second kappa shape index (κ2) is 11.4. The Bertz CT molecular complexity index is 1430. The molecule has 2 aromatic carbocycles. The minimum Gasteiger partial charge on any atom is -0.0995 e. The lowest BCUT2D eigenvalue weighted by atomic mass is 9.61.